The second-order valence-corrected chi connectivity index (χ2v) is 10.0. The first-order valence-corrected chi connectivity index (χ1v) is 11.9. The summed E-state index contributed by atoms with van der Waals surface area (Å²) in [7, 11) is 0. The summed E-state index contributed by atoms with van der Waals surface area (Å²) < 4.78 is 10.8. The normalized spacial score (nSPS) is 19.0. The summed E-state index contributed by atoms with van der Waals surface area (Å²) in [6.07, 6.45) is -0.613. The van der Waals surface area contributed by atoms with Crippen LogP contribution >= 0.6 is 0 Å². The maximum Gasteiger partial charge on any atom is 0.407 e. The van der Waals surface area contributed by atoms with E-state index in [0.29, 0.717) is 13.0 Å². The molecule has 0 saturated carbocycles. The van der Waals surface area contributed by atoms with Crippen molar-refractivity contribution in [2.75, 3.05) is 26.3 Å². The summed E-state index contributed by atoms with van der Waals surface area (Å²) in [6, 6.07) is 16.3. The number of amides is 2. The fraction of sp³-hybridized carbons (Fsp3) is 0.444. The summed E-state index contributed by atoms with van der Waals surface area (Å²) in [4.78, 5) is 36.1. The molecular weight excluding hydrogens is 448 g/mol. The number of carbonyl (C=O) groups is 3. The summed E-state index contributed by atoms with van der Waals surface area (Å²) in [5.41, 5.74) is 4.13. The molecule has 2 aromatic rings. The molecule has 0 radical (unpaired) electrons. The highest BCUT2D eigenvalue weighted by Crippen LogP contribution is 2.44. The van der Waals surface area contributed by atoms with Gasteiger partial charge in [0.1, 0.15) is 6.61 Å². The van der Waals surface area contributed by atoms with Gasteiger partial charge in [-0.1, -0.05) is 62.4 Å². The second-order valence-electron chi connectivity index (χ2n) is 10.0. The molecule has 1 aliphatic carbocycles. The lowest BCUT2D eigenvalue weighted by atomic mass is 9.88. The van der Waals surface area contributed by atoms with Crippen LogP contribution in [0.3, 0.4) is 0 Å². The van der Waals surface area contributed by atoms with Crippen molar-refractivity contribution in [2.24, 2.45) is 11.3 Å². The Bertz CT molecular complexity index is 1050. The Morgan fingerprint density at radius 2 is 1.66 bits per heavy atom. The molecule has 8 heteroatoms. The number of benzene rings is 2. The van der Waals surface area contributed by atoms with Crippen LogP contribution in [-0.4, -0.2) is 55.5 Å². The molecule has 0 bridgehead atoms. The molecule has 2 aliphatic rings. The fourth-order valence-corrected chi connectivity index (χ4v) is 4.88. The lowest BCUT2D eigenvalue weighted by Crippen LogP contribution is -2.40. The highest BCUT2D eigenvalue weighted by Gasteiger charge is 2.34. The zero-order valence-corrected chi connectivity index (χ0v) is 20.1. The highest BCUT2D eigenvalue weighted by atomic mass is 16.5. The van der Waals surface area contributed by atoms with Crippen LogP contribution in [0.5, 0.6) is 0 Å². The van der Waals surface area contributed by atoms with Crippen LogP contribution in [0, 0.1) is 11.3 Å². The Morgan fingerprint density at radius 3 is 2.29 bits per heavy atom. The molecule has 0 aromatic heterocycles. The number of carboxylic acids is 1. The Labute approximate surface area is 205 Å². The summed E-state index contributed by atoms with van der Waals surface area (Å²) in [6.45, 7) is 4.90. The van der Waals surface area contributed by atoms with Crippen LogP contribution in [-0.2, 0) is 19.1 Å². The molecule has 2 aromatic carbocycles. The lowest BCUT2D eigenvalue weighted by Gasteiger charge is -2.25. The molecule has 1 fully saturated rings. The third-order valence-corrected chi connectivity index (χ3v) is 6.71. The van der Waals surface area contributed by atoms with Crippen molar-refractivity contribution in [3.63, 3.8) is 0 Å². The van der Waals surface area contributed by atoms with E-state index in [0.717, 1.165) is 11.1 Å². The van der Waals surface area contributed by atoms with Gasteiger partial charge in [-0.3, -0.25) is 4.79 Å². The zero-order valence-electron chi connectivity index (χ0n) is 20.1. The van der Waals surface area contributed by atoms with Gasteiger partial charge in [0.05, 0.1) is 0 Å². The highest BCUT2D eigenvalue weighted by molar-refractivity contribution is 5.79. The van der Waals surface area contributed by atoms with Crippen molar-refractivity contribution >= 4 is 18.0 Å². The number of nitrogens with one attached hydrogen (secondary N) is 2. The van der Waals surface area contributed by atoms with E-state index in [9.17, 15) is 19.5 Å². The van der Waals surface area contributed by atoms with Crippen molar-refractivity contribution in [3.05, 3.63) is 59.7 Å². The van der Waals surface area contributed by atoms with E-state index < -0.39 is 23.6 Å². The second kappa shape index (κ2) is 10.5. The molecule has 1 saturated heterocycles. The summed E-state index contributed by atoms with van der Waals surface area (Å²) in [5.74, 6) is -1.45. The fourth-order valence-electron chi connectivity index (χ4n) is 4.88. The zero-order chi connectivity index (χ0) is 25.0. The minimum absolute atomic E-state index is 0.0128. The number of hydrogen-bond acceptors (Lipinski definition) is 5. The van der Waals surface area contributed by atoms with Crippen molar-refractivity contribution in [1.29, 1.82) is 0 Å². The average molecular weight is 481 g/mol. The quantitative estimate of drug-likeness (QED) is 0.506. The van der Waals surface area contributed by atoms with E-state index in [4.69, 9.17) is 9.47 Å². The molecule has 3 N–H and O–H groups in total. The van der Waals surface area contributed by atoms with Gasteiger partial charge in [-0.15, -0.1) is 0 Å². The van der Waals surface area contributed by atoms with Crippen molar-refractivity contribution in [3.8, 4) is 11.1 Å². The molecule has 186 valence electrons. The molecule has 0 unspecified atom stereocenters. The van der Waals surface area contributed by atoms with Crippen LogP contribution in [0.25, 0.3) is 11.1 Å². The predicted molar refractivity (Wildman–Crippen MR) is 130 cm³/mol. The standard InChI is InChI=1S/C27H32N2O6/c1-27(2,13-23(30)28-14-17-11-12-34-24(17)25(31)32)16-29-26(33)35-15-22-20-9-5-3-7-18(20)19-8-4-6-10-21(19)22/h3-10,17,22,24H,11-16H2,1-2H3,(H,28,30)(H,29,33)(H,31,32)/t17-,24-/m0/s1. The first kappa shape index (κ1) is 24.7. The lowest BCUT2D eigenvalue weighted by molar-refractivity contribution is -0.149. The molecule has 35 heavy (non-hydrogen) atoms. The van der Waals surface area contributed by atoms with Crippen LogP contribution in [0.1, 0.15) is 43.7 Å². The van der Waals surface area contributed by atoms with Gasteiger partial charge in [0, 0.05) is 38.0 Å². The third kappa shape index (κ3) is 5.82. The number of alkyl carbamates (subject to hydrolysis) is 1. The van der Waals surface area contributed by atoms with E-state index in [1.54, 1.807) is 0 Å². The molecule has 8 nitrogen and oxygen atoms in total. The van der Waals surface area contributed by atoms with Crippen LogP contribution < -0.4 is 10.6 Å². The minimum Gasteiger partial charge on any atom is -0.479 e. The summed E-state index contributed by atoms with van der Waals surface area (Å²) in [5, 5.41) is 14.8. The van der Waals surface area contributed by atoms with Crippen LogP contribution in [0.4, 0.5) is 4.79 Å². The van der Waals surface area contributed by atoms with Crippen molar-refractivity contribution in [2.45, 2.75) is 38.7 Å². The van der Waals surface area contributed by atoms with Gasteiger partial charge in [-0.05, 0) is 34.1 Å². The number of carbonyl (C=O) groups excluding carboxylic acids is 2. The van der Waals surface area contributed by atoms with Gasteiger partial charge in [-0.2, -0.15) is 0 Å². The van der Waals surface area contributed by atoms with Gasteiger partial charge >= 0.3 is 12.1 Å². The maximum atomic E-state index is 12.5. The van der Waals surface area contributed by atoms with Gasteiger partial charge in [0.25, 0.3) is 0 Å². The minimum atomic E-state index is -1.01. The topological polar surface area (TPSA) is 114 Å². The molecule has 0 spiro atoms. The first-order valence-electron chi connectivity index (χ1n) is 11.9. The van der Waals surface area contributed by atoms with E-state index in [-0.39, 0.29) is 43.9 Å². The predicted octanol–water partition coefficient (Wildman–Crippen LogP) is 3.55. The Balaban J connectivity index is 1.23. The van der Waals surface area contributed by atoms with Gasteiger partial charge in [0.2, 0.25) is 5.91 Å². The molecule has 4 rings (SSSR count). The maximum absolute atomic E-state index is 12.5. The van der Waals surface area contributed by atoms with E-state index in [2.05, 4.69) is 34.9 Å². The van der Waals surface area contributed by atoms with E-state index >= 15 is 0 Å². The van der Waals surface area contributed by atoms with Crippen molar-refractivity contribution in [1.82, 2.24) is 10.6 Å². The van der Waals surface area contributed by atoms with Crippen molar-refractivity contribution < 1.29 is 29.0 Å². The van der Waals surface area contributed by atoms with Gasteiger partial charge < -0.3 is 25.2 Å². The number of rotatable bonds is 9. The average Bonchev–Trinajstić information content (AvgIpc) is 3.43. The van der Waals surface area contributed by atoms with E-state index in [1.165, 1.54) is 11.1 Å². The molecule has 2 atom stereocenters. The molecular formula is C27H32N2O6. The molecule has 1 aliphatic heterocycles. The smallest absolute Gasteiger partial charge is 0.407 e. The monoisotopic (exact) mass is 480 g/mol. The van der Waals surface area contributed by atoms with Crippen LogP contribution in [0.2, 0.25) is 0 Å². The van der Waals surface area contributed by atoms with Crippen LogP contribution in [0.15, 0.2) is 48.5 Å². The van der Waals surface area contributed by atoms with E-state index in [1.807, 2.05) is 38.1 Å². The number of ether oxygens (including phenoxy) is 2. The largest absolute Gasteiger partial charge is 0.479 e. The number of fused-ring (bicyclic) bond motifs is 3. The van der Waals surface area contributed by atoms with Gasteiger partial charge in [-0.25, -0.2) is 9.59 Å². The Hall–Kier alpha value is -3.39. The van der Waals surface area contributed by atoms with Gasteiger partial charge in [0.15, 0.2) is 6.10 Å². The number of aliphatic carboxylic acids is 1. The first-order chi connectivity index (χ1) is 16.7. The number of hydrogen-bond donors (Lipinski definition) is 3. The Morgan fingerprint density at radius 1 is 1.03 bits per heavy atom. The SMILES string of the molecule is CC(C)(CNC(=O)OCC1c2ccccc2-c2ccccc21)CC(=O)NC[C@@H]1CCO[C@@H]1C(=O)O. The number of carboxylic acid groups (broad SMARTS) is 1. The third-order valence-electron chi connectivity index (χ3n) is 6.71. The molecule has 1 heterocycles. The Kier molecular flexibility index (Phi) is 7.40. The molecule has 2 amide bonds. The summed E-state index contributed by atoms with van der Waals surface area (Å²) >= 11 is 0.